The second-order valence-electron chi connectivity index (χ2n) is 7.04. The molecule has 6 nitrogen and oxygen atoms in total. The van der Waals surface area contributed by atoms with E-state index in [1.165, 1.54) is 25.1 Å². The topological polar surface area (TPSA) is 67.1 Å². The van der Waals surface area contributed by atoms with E-state index >= 15 is 0 Å². The predicted octanol–water partition coefficient (Wildman–Crippen LogP) is 2.54. The summed E-state index contributed by atoms with van der Waals surface area (Å²) >= 11 is 0. The molecule has 1 aliphatic heterocycles. The summed E-state index contributed by atoms with van der Waals surface area (Å²) in [7, 11) is 0. The summed E-state index contributed by atoms with van der Waals surface area (Å²) in [5, 5.41) is 15.6. The van der Waals surface area contributed by atoms with Crippen LogP contribution >= 0.6 is 0 Å². The fourth-order valence-corrected chi connectivity index (χ4v) is 2.86. The first-order valence-electron chi connectivity index (χ1n) is 9.57. The second kappa shape index (κ2) is 9.64. The van der Waals surface area contributed by atoms with E-state index in [4.69, 9.17) is 4.99 Å². The summed E-state index contributed by atoms with van der Waals surface area (Å²) in [6, 6.07) is 0.412. The number of hydrogen-bond donors (Lipinski definition) is 2. The zero-order valence-electron chi connectivity index (χ0n) is 15.8. The van der Waals surface area contributed by atoms with E-state index < -0.39 is 0 Å². The van der Waals surface area contributed by atoms with Crippen molar-refractivity contribution in [3.63, 3.8) is 0 Å². The molecule has 0 amide bonds. The van der Waals surface area contributed by atoms with Crippen molar-refractivity contribution in [3.8, 4) is 0 Å². The highest BCUT2D eigenvalue weighted by Crippen LogP contribution is 2.15. The maximum absolute atomic E-state index is 4.70. The van der Waals surface area contributed by atoms with Crippen LogP contribution in [-0.2, 0) is 19.4 Å². The fraction of sp³-hybridized carbons (Fsp3) is 0.833. The van der Waals surface area contributed by atoms with Gasteiger partial charge in [0, 0.05) is 38.5 Å². The number of nitrogens with one attached hydrogen (secondary N) is 2. The third-order valence-electron chi connectivity index (χ3n) is 4.72. The first-order chi connectivity index (χ1) is 11.6. The van der Waals surface area contributed by atoms with Gasteiger partial charge in [0.1, 0.15) is 11.6 Å². The van der Waals surface area contributed by atoms with Gasteiger partial charge >= 0.3 is 0 Å². The van der Waals surface area contributed by atoms with Crippen LogP contribution < -0.4 is 10.6 Å². The molecule has 24 heavy (non-hydrogen) atoms. The van der Waals surface area contributed by atoms with E-state index in [1.807, 2.05) is 0 Å². The summed E-state index contributed by atoms with van der Waals surface area (Å²) in [4.78, 5) is 4.70. The number of rotatable bonds is 7. The Morgan fingerprint density at radius 3 is 2.79 bits per heavy atom. The smallest absolute Gasteiger partial charge is 0.191 e. The Labute approximate surface area is 146 Å². The molecule has 2 heterocycles. The van der Waals surface area contributed by atoms with Crippen molar-refractivity contribution < 1.29 is 0 Å². The predicted molar refractivity (Wildman–Crippen MR) is 99.3 cm³/mol. The third-order valence-corrected chi connectivity index (χ3v) is 4.72. The maximum Gasteiger partial charge on any atom is 0.191 e. The van der Waals surface area contributed by atoms with Crippen molar-refractivity contribution in [2.45, 2.75) is 78.8 Å². The molecule has 0 aromatic carbocycles. The number of aromatic nitrogens is 3. The van der Waals surface area contributed by atoms with Gasteiger partial charge in [-0.05, 0) is 39.0 Å². The average molecular weight is 335 g/mol. The molecule has 0 bridgehead atoms. The van der Waals surface area contributed by atoms with Crippen LogP contribution in [0.2, 0.25) is 0 Å². The molecule has 2 N–H and O–H groups in total. The Morgan fingerprint density at radius 1 is 1.21 bits per heavy atom. The Kier molecular flexibility index (Phi) is 7.53. The molecule has 0 radical (unpaired) electrons. The van der Waals surface area contributed by atoms with Crippen LogP contribution in [-0.4, -0.2) is 39.9 Å². The molecule has 0 spiro atoms. The second-order valence-corrected chi connectivity index (χ2v) is 7.04. The van der Waals surface area contributed by atoms with Gasteiger partial charge in [-0.25, -0.2) is 0 Å². The molecule has 2 rings (SSSR count). The van der Waals surface area contributed by atoms with E-state index in [1.54, 1.807) is 0 Å². The molecule has 1 atom stereocenters. The molecule has 136 valence electrons. The highest BCUT2D eigenvalue weighted by atomic mass is 15.3. The van der Waals surface area contributed by atoms with Gasteiger partial charge in [0.15, 0.2) is 5.96 Å². The lowest BCUT2D eigenvalue weighted by molar-refractivity contribution is 0.481. The quantitative estimate of drug-likeness (QED) is 0.457. The summed E-state index contributed by atoms with van der Waals surface area (Å²) < 4.78 is 2.33. The fourth-order valence-electron chi connectivity index (χ4n) is 2.86. The Morgan fingerprint density at radius 2 is 2.04 bits per heavy atom. The van der Waals surface area contributed by atoms with Gasteiger partial charge in [0.05, 0.1) is 0 Å². The largest absolute Gasteiger partial charge is 0.357 e. The standard InChI is InChI=1S/C18H34N6/c1-5-19-18(21-15(4)14(2)3)20-12-9-11-17-23-22-16-10-7-6-8-13-24(16)17/h14-15H,5-13H2,1-4H3,(H2,19,20,21). The minimum Gasteiger partial charge on any atom is -0.357 e. The molecular weight excluding hydrogens is 300 g/mol. The van der Waals surface area contributed by atoms with Crippen LogP contribution in [0, 0.1) is 5.92 Å². The van der Waals surface area contributed by atoms with Gasteiger partial charge in [-0.2, -0.15) is 0 Å². The maximum atomic E-state index is 4.70. The van der Waals surface area contributed by atoms with E-state index in [0.717, 1.165) is 50.7 Å². The number of aryl methyl sites for hydroxylation is 2. The first-order valence-corrected chi connectivity index (χ1v) is 9.57. The van der Waals surface area contributed by atoms with Crippen LogP contribution in [0.4, 0.5) is 0 Å². The lowest BCUT2D eigenvalue weighted by Gasteiger charge is -2.20. The summed E-state index contributed by atoms with van der Waals surface area (Å²) in [5.74, 6) is 3.81. The third kappa shape index (κ3) is 5.49. The molecule has 0 fully saturated rings. The van der Waals surface area contributed by atoms with E-state index in [-0.39, 0.29) is 0 Å². The van der Waals surface area contributed by atoms with Gasteiger partial charge in [0.2, 0.25) is 0 Å². The van der Waals surface area contributed by atoms with Gasteiger partial charge in [-0.15, -0.1) is 10.2 Å². The normalized spacial score (nSPS) is 16.6. The highest BCUT2D eigenvalue weighted by Gasteiger charge is 2.14. The van der Waals surface area contributed by atoms with E-state index in [2.05, 4.69) is 53.1 Å². The first kappa shape index (κ1) is 18.7. The van der Waals surface area contributed by atoms with Gasteiger partial charge in [0.25, 0.3) is 0 Å². The van der Waals surface area contributed by atoms with E-state index in [9.17, 15) is 0 Å². The van der Waals surface area contributed by atoms with Gasteiger partial charge in [-0.3, -0.25) is 4.99 Å². The van der Waals surface area contributed by atoms with Gasteiger partial charge < -0.3 is 15.2 Å². The van der Waals surface area contributed by atoms with Crippen molar-refractivity contribution >= 4 is 5.96 Å². The summed E-state index contributed by atoms with van der Waals surface area (Å²) in [5.41, 5.74) is 0. The molecule has 0 saturated heterocycles. The molecule has 1 aliphatic rings. The van der Waals surface area contributed by atoms with Crippen molar-refractivity contribution in [2.24, 2.45) is 10.9 Å². The number of aliphatic imine (C=N–C) groups is 1. The lowest BCUT2D eigenvalue weighted by atomic mass is 10.1. The summed E-state index contributed by atoms with van der Waals surface area (Å²) in [6.45, 7) is 11.5. The van der Waals surface area contributed by atoms with Crippen LogP contribution in [0.1, 0.15) is 65.0 Å². The van der Waals surface area contributed by atoms with Crippen molar-refractivity contribution in [1.29, 1.82) is 0 Å². The molecule has 1 aromatic heterocycles. The minimum atomic E-state index is 0.412. The molecule has 6 heteroatoms. The molecule has 1 aromatic rings. The van der Waals surface area contributed by atoms with Crippen molar-refractivity contribution in [2.75, 3.05) is 13.1 Å². The molecule has 0 aliphatic carbocycles. The summed E-state index contributed by atoms with van der Waals surface area (Å²) in [6.07, 6.45) is 6.83. The Balaban J connectivity index is 1.84. The van der Waals surface area contributed by atoms with E-state index in [0.29, 0.717) is 12.0 Å². The van der Waals surface area contributed by atoms with Crippen LogP contribution in [0.5, 0.6) is 0 Å². The minimum absolute atomic E-state index is 0.412. The zero-order valence-corrected chi connectivity index (χ0v) is 15.8. The SMILES string of the molecule is CCNC(=NCCCc1nnc2n1CCCCC2)NC(C)C(C)C. The number of fused-ring (bicyclic) bond motifs is 1. The molecule has 1 unspecified atom stereocenters. The average Bonchev–Trinajstić information content (AvgIpc) is 2.78. The van der Waals surface area contributed by atoms with Crippen LogP contribution in [0.25, 0.3) is 0 Å². The lowest BCUT2D eigenvalue weighted by Crippen LogP contribution is -2.44. The zero-order chi connectivity index (χ0) is 17.4. The van der Waals surface area contributed by atoms with Crippen molar-refractivity contribution in [1.82, 2.24) is 25.4 Å². The van der Waals surface area contributed by atoms with Crippen LogP contribution in [0.3, 0.4) is 0 Å². The molecular formula is C18H34N6. The Hall–Kier alpha value is -1.59. The Bertz CT molecular complexity index is 520. The molecule has 0 saturated carbocycles. The van der Waals surface area contributed by atoms with Crippen LogP contribution in [0.15, 0.2) is 4.99 Å². The van der Waals surface area contributed by atoms with Crippen molar-refractivity contribution in [3.05, 3.63) is 11.6 Å². The monoisotopic (exact) mass is 334 g/mol. The number of guanidine groups is 1. The number of hydrogen-bond acceptors (Lipinski definition) is 3. The van der Waals surface area contributed by atoms with Gasteiger partial charge in [-0.1, -0.05) is 20.3 Å². The highest BCUT2D eigenvalue weighted by molar-refractivity contribution is 5.80. The number of nitrogens with zero attached hydrogens (tertiary/aromatic N) is 4.